The van der Waals surface area contributed by atoms with Crippen molar-refractivity contribution in [2.75, 3.05) is 20.2 Å². The van der Waals surface area contributed by atoms with E-state index in [9.17, 15) is 13.2 Å². The van der Waals surface area contributed by atoms with Crippen molar-refractivity contribution in [2.24, 2.45) is 0 Å². The molecule has 0 aliphatic rings. The lowest BCUT2D eigenvalue weighted by atomic mass is 10.1. The van der Waals surface area contributed by atoms with E-state index in [4.69, 9.17) is 0 Å². The summed E-state index contributed by atoms with van der Waals surface area (Å²) in [5.41, 5.74) is 0.537. The van der Waals surface area contributed by atoms with Gasteiger partial charge in [-0.3, -0.25) is 0 Å². The second-order valence-corrected chi connectivity index (χ2v) is 5.78. The van der Waals surface area contributed by atoms with Crippen LogP contribution in [0.1, 0.15) is 25.5 Å². The minimum Gasteiger partial charge on any atom is -0.468 e. The molecule has 1 rings (SSSR count). The highest BCUT2D eigenvalue weighted by atomic mass is 32.2. The molecule has 1 atom stereocenters. The normalized spacial score (nSPS) is 13.2. The molecule has 0 bridgehead atoms. The summed E-state index contributed by atoms with van der Waals surface area (Å²) in [6, 6.07) is 7.55. The van der Waals surface area contributed by atoms with Gasteiger partial charge in [-0.25, -0.2) is 4.79 Å². The smallest absolute Gasteiger partial charge is 0.328 e. The molecule has 0 aliphatic carbocycles. The third kappa shape index (κ3) is 4.03. The van der Waals surface area contributed by atoms with Crippen molar-refractivity contribution in [1.82, 2.24) is 9.03 Å². The number of benzene rings is 1. The maximum absolute atomic E-state index is 12.2. The Balaban J connectivity index is 3.06. The van der Waals surface area contributed by atoms with Crippen molar-refractivity contribution in [3.63, 3.8) is 0 Å². The van der Waals surface area contributed by atoms with Gasteiger partial charge in [0, 0.05) is 13.1 Å². The number of methoxy groups -OCH3 is 1. The highest BCUT2D eigenvalue weighted by Crippen LogP contribution is 2.16. The Morgan fingerprint density at radius 3 is 2.25 bits per heavy atom. The van der Waals surface area contributed by atoms with Crippen molar-refractivity contribution >= 4 is 16.2 Å². The number of ether oxygens (including phenoxy) is 1. The molecule has 0 amide bonds. The second kappa shape index (κ2) is 7.37. The van der Waals surface area contributed by atoms with E-state index in [-0.39, 0.29) is 0 Å². The molecular formula is C13H20N2O4S. The van der Waals surface area contributed by atoms with Gasteiger partial charge in [0.2, 0.25) is 0 Å². The van der Waals surface area contributed by atoms with E-state index in [1.54, 1.807) is 44.2 Å². The zero-order valence-electron chi connectivity index (χ0n) is 11.9. The van der Waals surface area contributed by atoms with Gasteiger partial charge in [-0.1, -0.05) is 44.2 Å². The third-order valence-electron chi connectivity index (χ3n) is 2.88. The third-order valence-corrected chi connectivity index (χ3v) is 4.61. The SMILES string of the molecule is CCN(CC)S(=O)(=O)NC(C(=O)OC)c1ccccc1. The minimum absolute atomic E-state index is 0.328. The summed E-state index contributed by atoms with van der Waals surface area (Å²) < 4.78 is 32.7. The van der Waals surface area contributed by atoms with Crippen molar-refractivity contribution in [3.05, 3.63) is 35.9 Å². The fraction of sp³-hybridized carbons (Fsp3) is 0.462. The Kier molecular flexibility index (Phi) is 6.12. The monoisotopic (exact) mass is 300 g/mol. The van der Waals surface area contributed by atoms with Gasteiger partial charge in [0.1, 0.15) is 6.04 Å². The van der Waals surface area contributed by atoms with E-state index in [1.807, 2.05) is 0 Å². The maximum Gasteiger partial charge on any atom is 0.328 e. The Morgan fingerprint density at radius 2 is 1.80 bits per heavy atom. The molecule has 0 saturated heterocycles. The molecule has 7 heteroatoms. The van der Waals surface area contributed by atoms with Gasteiger partial charge in [-0.15, -0.1) is 0 Å². The van der Waals surface area contributed by atoms with Crippen LogP contribution in [0.2, 0.25) is 0 Å². The number of nitrogens with one attached hydrogen (secondary N) is 1. The molecule has 6 nitrogen and oxygen atoms in total. The summed E-state index contributed by atoms with van der Waals surface area (Å²) in [6.07, 6.45) is 0. The molecule has 0 aliphatic heterocycles. The lowest BCUT2D eigenvalue weighted by Gasteiger charge is -2.23. The molecule has 1 unspecified atom stereocenters. The summed E-state index contributed by atoms with van der Waals surface area (Å²) in [6.45, 7) is 4.12. The zero-order chi connectivity index (χ0) is 15.2. The van der Waals surface area contributed by atoms with Crippen LogP contribution in [-0.4, -0.2) is 38.9 Å². The summed E-state index contributed by atoms with van der Waals surface area (Å²) in [7, 11) is -2.52. The van der Waals surface area contributed by atoms with Crippen molar-refractivity contribution in [3.8, 4) is 0 Å². The number of nitrogens with zero attached hydrogens (tertiary/aromatic N) is 1. The fourth-order valence-corrected chi connectivity index (χ4v) is 3.16. The number of esters is 1. The highest BCUT2D eigenvalue weighted by molar-refractivity contribution is 7.87. The average Bonchev–Trinajstić information content (AvgIpc) is 2.46. The molecule has 1 N–H and O–H groups in total. The Hall–Kier alpha value is -1.44. The van der Waals surface area contributed by atoms with Gasteiger partial charge in [0.25, 0.3) is 10.2 Å². The predicted octanol–water partition coefficient (Wildman–Crippen LogP) is 1.08. The van der Waals surface area contributed by atoms with E-state index in [0.29, 0.717) is 18.7 Å². The van der Waals surface area contributed by atoms with Gasteiger partial charge in [-0.05, 0) is 5.56 Å². The van der Waals surface area contributed by atoms with Crippen LogP contribution in [-0.2, 0) is 19.7 Å². The molecule has 0 spiro atoms. The topological polar surface area (TPSA) is 75.7 Å². The van der Waals surface area contributed by atoms with Crippen LogP contribution >= 0.6 is 0 Å². The maximum atomic E-state index is 12.2. The molecule has 112 valence electrons. The predicted molar refractivity (Wildman–Crippen MR) is 76.2 cm³/mol. The van der Waals surface area contributed by atoms with Crippen LogP contribution in [0.4, 0.5) is 0 Å². The molecular weight excluding hydrogens is 280 g/mol. The van der Waals surface area contributed by atoms with E-state index < -0.39 is 22.2 Å². The first-order valence-corrected chi connectivity index (χ1v) is 7.80. The summed E-state index contributed by atoms with van der Waals surface area (Å²) in [5, 5.41) is 0. The van der Waals surface area contributed by atoms with Crippen LogP contribution in [0.25, 0.3) is 0 Å². The number of carbonyl (C=O) groups excluding carboxylic acids is 1. The minimum atomic E-state index is -3.74. The molecule has 0 heterocycles. The Morgan fingerprint density at radius 1 is 1.25 bits per heavy atom. The van der Waals surface area contributed by atoms with Gasteiger partial charge < -0.3 is 4.74 Å². The first-order chi connectivity index (χ1) is 9.46. The number of rotatable bonds is 7. The number of hydrogen-bond acceptors (Lipinski definition) is 4. The van der Waals surface area contributed by atoms with Gasteiger partial charge in [0.05, 0.1) is 7.11 Å². The average molecular weight is 300 g/mol. The van der Waals surface area contributed by atoms with E-state index in [2.05, 4.69) is 9.46 Å². The van der Waals surface area contributed by atoms with Gasteiger partial charge in [0.15, 0.2) is 0 Å². The first kappa shape index (κ1) is 16.6. The van der Waals surface area contributed by atoms with Crippen molar-refractivity contribution in [1.29, 1.82) is 0 Å². The number of hydrogen-bond donors (Lipinski definition) is 1. The van der Waals surface area contributed by atoms with Gasteiger partial charge in [-0.2, -0.15) is 17.4 Å². The van der Waals surface area contributed by atoms with Crippen LogP contribution in [0, 0.1) is 0 Å². The zero-order valence-corrected chi connectivity index (χ0v) is 12.7. The summed E-state index contributed by atoms with van der Waals surface area (Å²) in [5.74, 6) is -0.646. The molecule has 0 saturated carbocycles. The van der Waals surface area contributed by atoms with Crippen LogP contribution in [0.3, 0.4) is 0 Å². The van der Waals surface area contributed by atoms with E-state index >= 15 is 0 Å². The van der Waals surface area contributed by atoms with Crippen molar-refractivity contribution in [2.45, 2.75) is 19.9 Å². The lowest BCUT2D eigenvalue weighted by molar-refractivity contribution is -0.142. The fourth-order valence-electron chi connectivity index (χ4n) is 1.80. The van der Waals surface area contributed by atoms with Crippen LogP contribution < -0.4 is 4.72 Å². The van der Waals surface area contributed by atoms with Gasteiger partial charge >= 0.3 is 5.97 Å². The molecule has 0 fully saturated rings. The molecule has 0 radical (unpaired) electrons. The number of carbonyl (C=O) groups is 1. The molecule has 1 aromatic rings. The first-order valence-electron chi connectivity index (χ1n) is 6.36. The second-order valence-electron chi connectivity index (χ2n) is 4.07. The van der Waals surface area contributed by atoms with Crippen molar-refractivity contribution < 1.29 is 17.9 Å². The summed E-state index contributed by atoms with van der Waals surface area (Å²) in [4.78, 5) is 11.8. The largest absolute Gasteiger partial charge is 0.468 e. The van der Waals surface area contributed by atoms with E-state index in [0.717, 1.165) is 0 Å². The molecule has 1 aromatic carbocycles. The standard InChI is InChI=1S/C13H20N2O4S/c1-4-15(5-2)20(17,18)14-12(13(16)19-3)11-9-7-6-8-10-11/h6-10,12,14H,4-5H2,1-3H3. The Labute approximate surface area is 119 Å². The lowest BCUT2D eigenvalue weighted by Crippen LogP contribution is -2.44. The summed E-state index contributed by atoms with van der Waals surface area (Å²) >= 11 is 0. The van der Waals surface area contributed by atoms with Crippen LogP contribution in [0.5, 0.6) is 0 Å². The molecule has 0 aromatic heterocycles. The quantitative estimate of drug-likeness (QED) is 0.765. The van der Waals surface area contributed by atoms with Crippen LogP contribution in [0.15, 0.2) is 30.3 Å². The molecule has 20 heavy (non-hydrogen) atoms. The highest BCUT2D eigenvalue weighted by Gasteiger charge is 2.29. The van der Waals surface area contributed by atoms with E-state index in [1.165, 1.54) is 11.4 Å². The Bertz CT molecular complexity index is 527.